The van der Waals surface area contributed by atoms with Crippen molar-refractivity contribution in [3.8, 4) is 0 Å². The molecule has 162 valence electrons. The van der Waals surface area contributed by atoms with Gasteiger partial charge in [0.15, 0.2) is 0 Å². The molecule has 3 aromatic carbocycles. The van der Waals surface area contributed by atoms with Gasteiger partial charge in [0.1, 0.15) is 12.2 Å². The second kappa shape index (κ2) is 11.8. The van der Waals surface area contributed by atoms with Crippen LogP contribution in [-0.4, -0.2) is 31.5 Å². The van der Waals surface area contributed by atoms with Crippen LogP contribution in [0.4, 0.5) is 0 Å². The molecule has 0 saturated carbocycles. The van der Waals surface area contributed by atoms with Crippen molar-refractivity contribution in [1.82, 2.24) is 0 Å². The normalized spacial score (nSPS) is 21.1. The Balaban J connectivity index is 1.38. The molecule has 0 spiro atoms. The van der Waals surface area contributed by atoms with Gasteiger partial charge in [0.25, 0.3) is 0 Å². The molecular formula is C27H30O4. The number of hydrogen-bond acceptors (Lipinski definition) is 4. The van der Waals surface area contributed by atoms with Gasteiger partial charge in [0, 0.05) is 6.61 Å². The number of rotatable bonds is 10. The molecule has 1 heterocycles. The van der Waals surface area contributed by atoms with Crippen molar-refractivity contribution in [1.29, 1.82) is 0 Å². The SMILES string of the molecule is c1ccc(COCC2OCCC(OCc3ccccc3)[C@H]2OCc2ccccc2)cc1. The average molecular weight is 419 g/mol. The van der Waals surface area contributed by atoms with E-state index in [4.69, 9.17) is 18.9 Å². The van der Waals surface area contributed by atoms with Crippen molar-refractivity contribution in [2.24, 2.45) is 0 Å². The molecule has 0 aromatic heterocycles. The highest BCUT2D eigenvalue weighted by Gasteiger charge is 2.36. The van der Waals surface area contributed by atoms with Crippen LogP contribution in [0, 0.1) is 0 Å². The van der Waals surface area contributed by atoms with Crippen molar-refractivity contribution in [2.75, 3.05) is 13.2 Å². The Kier molecular flexibility index (Phi) is 8.25. The number of benzene rings is 3. The predicted octanol–water partition coefficient (Wildman–Crippen LogP) is 5.16. The van der Waals surface area contributed by atoms with Crippen molar-refractivity contribution in [2.45, 2.75) is 44.6 Å². The number of hydrogen-bond donors (Lipinski definition) is 0. The zero-order valence-electron chi connectivity index (χ0n) is 17.8. The lowest BCUT2D eigenvalue weighted by Gasteiger charge is -2.37. The van der Waals surface area contributed by atoms with Crippen LogP contribution >= 0.6 is 0 Å². The van der Waals surface area contributed by atoms with Crippen LogP contribution in [-0.2, 0) is 38.8 Å². The van der Waals surface area contributed by atoms with Crippen molar-refractivity contribution in [3.63, 3.8) is 0 Å². The third kappa shape index (κ3) is 6.74. The standard InChI is InChI=1S/C27H30O4/c1-4-10-22(11-5-1)18-28-21-26-27(31-20-24-14-8-3-9-15-24)25(16-17-29-26)30-19-23-12-6-2-7-13-23/h1-15,25-27H,16-21H2/t25?,26?,27-/m1/s1. The molecule has 4 rings (SSSR count). The topological polar surface area (TPSA) is 36.9 Å². The van der Waals surface area contributed by atoms with Gasteiger partial charge in [-0.05, 0) is 23.1 Å². The van der Waals surface area contributed by atoms with E-state index in [0.29, 0.717) is 33.0 Å². The molecule has 31 heavy (non-hydrogen) atoms. The maximum Gasteiger partial charge on any atom is 0.113 e. The van der Waals surface area contributed by atoms with Crippen LogP contribution in [0.15, 0.2) is 91.0 Å². The van der Waals surface area contributed by atoms with E-state index in [9.17, 15) is 0 Å². The third-order valence-electron chi connectivity index (χ3n) is 5.45. The summed E-state index contributed by atoms with van der Waals surface area (Å²) in [6.07, 6.45) is 0.417. The molecule has 0 bridgehead atoms. The molecule has 3 atom stereocenters. The Hall–Kier alpha value is -2.50. The van der Waals surface area contributed by atoms with Crippen LogP contribution in [0.5, 0.6) is 0 Å². The first-order valence-electron chi connectivity index (χ1n) is 10.9. The maximum absolute atomic E-state index is 6.36. The average Bonchev–Trinajstić information content (AvgIpc) is 2.84. The third-order valence-corrected chi connectivity index (χ3v) is 5.45. The fourth-order valence-electron chi connectivity index (χ4n) is 3.78. The predicted molar refractivity (Wildman–Crippen MR) is 120 cm³/mol. The summed E-state index contributed by atoms with van der Waals surface area (Å²) in [5.74, 6) is 0. The molecule has 1 aliphatic heterocycles. The molecule has 4 nitrogen and oxygen atoms in total. The molecule has 0 aliphatic carbocycles. The summed E-state index contributed by atoms with van der Waals surface area (Å²) in [4.78, 5) is 0. The first-order valence-corrected chi connectivity index (χ1v) is 10.9. The lowest BCUT2D eigenvalue weighted by Crippen LogP contribution is -2.49. The minimum atomic E-state index is -0.187. The summed E-state index contributed by atoms with van der Waals surface area (Å²) in [5, 5.41) is 0. The Morgan fingerprint density at radius 2 is 1.16 bits per heavy atom. The fraction of sp³-hybridized carbons (Fsp3) is 0.333. The largest absolute Gasteiger partial charge is 0.374 e. The highest BCUT2D eigenvalue weighted by atomic mass is 16.6. The van der Waals surface area contributed by atoms with Gasteiger partial charge < -0.3 is 18.9 Å². The second-order valence-electron chi connectivity index (χ2n) is 7.79. The Labute approximate surface area is 184 Å². The molecule has 0 amide bonds. The monoisotopic (exact) mass is 418 g/mol. The molecule has 1 aliphatic rings. The molecule has 1 saturated heterocycles. The fourth-order valence-corrected chi connectivity index (χ4v) is 3.78. The summed E-state index contributed by atoms with van der Waals surface area (Å²) < 4.78 is 24.7. The molecule has 2 unspecified atom stereocenters. The molecule has 0 radical (unpaired) electrons. The Morgan fingerprint density at radius 3 is 1.74 bits per heavy atom. The van der Waals surface area contributed by atoms with Crippen LogP contribution in [0.1, 0.15) is 23.1 Å². The van der Waals surface area contributed by atoms with Gasteiger partial charge in [-0.3, -0.25) is 0 Å². The lowest BCUT2D eigenvalue weighted by molar-refractivity contribution is -0.197. The van der Waals surface area contributed by atoms with Crippen molar-refractivity contribution < 1.29 is 18.9 Å². The van der Waals surface area contributed by atoms with E-state index in [-0.39, 0.29) is 18.3 Å². The van der Waals surface area contributed by atoms with E-state index in [1.807, 2.05) is 54.6 Å². The van der Waals surface area contributed by atoms with Crippen LogP contribution in [0.25, 0.3) is 0 Å². The summed E-state index contributed by atoms with van der Waals surface area (Å²) in [6, 6.07) is 30.7. The maximum atomic E-state index is 6.36. The van der Waals surface area contributed by atoms with Gasteiger partial charge in [0.2, 0.25) is 0 Å². The first kappa shape index (κ1) is 21.7. The first-order chi connectivity index (χ1) is 15.4. The minimum Gasteiger partial charge on any atom is -0.374 e. The lowest BCUT2D eigenvalue weighted by atomic mass is 10.0. The quantitative estimate of drug-likeness (QED) is 0.456. The van der Waals surface area contributed by atoms with Crippen molar-refractivity contribution in [3.05, 3.63) is 108 Å². The van der Waals surface area contributed by atoms with Crippen molar-refractivity contribution >= 4 is 0 Å². The minimum absolute atomic E-state index is 0.0389. The van der Waals surface area contributed by atoms with Crippen LogP contribution in [0.3, 0.4) is 0 Å². The van der Waals surface area contributed by atoms with Gasteiger partial charge in [-0.25, -0.2) is 0 Å². The molecular weight excluding hydrogens is 388 g/mol. The molecule has 3 aromatic rings. The van der Waals surface area contributed by atoms with E-state index in [1.54, 1.807) is 0 Å². The summed E-state index contributed by atoms with van der Waals surface area (Å²) in [7, 11) is 0. The smallest absolute Gasteiger partial charge is 0.113 e. The molecule has 0 N–H and O–H groups in total. The van der Waals surface area contributed by atoms with Crippen LogP contribution < -0.4 is 0 Å². The Bertz CT molecular complexity index is 870. The van der Waals surface area contributed by atoms with E-state index in [0.717, 1.165) is 23.1 Å². The summed E-state index contributed by atoms with van der Waals surface area (Å²) in [5.41, 5.74) is 3.45. The molecule has 4 heteroatoms. The van der Waals surface area contributed by atoms with E-state index >= 15 is 0 Å². The summed E-state index contributed by atoms with van der Waals surface area (Å²) >= 11 is 0. The van der Waals surface area contributed by atoms with Gasteiger partial charge in [0.05, 0.1) is 32.5 Å². The highest BCUT2D eigenvalue weighted by Crippen LogP contribution is 2.24. The number of ether oxygens (including phenoxy) is 4. The zero-order valence-corrected chi connectivity index (χ0v) is 17.8. The second-order valence-corrected chi connectivity index (χ2v) is 7.79. The van der Waals surface area contributed by atoms with Gasteiger partial charge in [-0.15, -0.1) is 0 Å². The van der Waals surface area contributed by atoms with E-state index in [2.05, 4.69) is 36.4 Å². The highest BCUT2D eigenvalue weighted by molar-refractivity contribution is 5.15. The zero-order chi connectivity index (χ0) is 21.1. The Morgan fingerprint density at radius 1 is 0.645 bits per heavy atom. The van der Waals surface area contributed by atoms with Crippen LogP contribution in [0.2, 0.25) is 0 Å². The van der Waals surface area contributed by atoms with Gasteiger partial charge in [-0.2, -0.15) is 0 Å². The van der Waals surface area contributed by atoms with E-state index < -0.39 is 0 Å². The van der Waals surface area contributed by atoms with Gasteiger partial charge in [-0.1, -0.05) is 91.0 Å². The summed E-state index contributed by atoms with van der Waals surface area (Å²) in [6.45, 7) is 2.76. The van der Waals surface area contributed by atoms with E-state index in [1.165, 1.54) is 0 Å². The van der Waals surface area contributed by atoms with Gasteiger partial charge >= 0.3 is 0 Å². The molecule has 1 fully saturated rings.